The van der Waals surface area contributed by atoms with Gasteiger partial charge in [0.25, 0.3) is 0 Å². The Kier molecular flexibility index (Phi) is 5.28. The molecule has 0 bridgehead atoms. The van der Waals surface area contributed by atoms with E-state index in [1.54, 1.807) is 19.2 Å². The molecule has 2 heterocycles. The van der Waals surface area contributed by atoms with Crippen molar-refractivity contribution in [1.29, 1.82) is 0 Å². The van der Waals surface area contributed by atoms with Crippen LogP contribution in [0.25, 0.3) is 5.65 Å². The van der Waals surface area contributed by atoms with E-state index in [0.717, 1.165) is 30.6 Å². The average Bonchev–Trinajstić information content (AvgIpc) is 3.16. The second-order valence-corrected chi connectivity index (χ2v) is 6.82. The number of allylic oxidation sites excluding steroid dienone is 2. The van der Waals surface area contributed by atoms with Crippen LogP contribution in [0.1, 0.15) is 25.0 Å². The lowest BCUT2D eigenvalue weighted by Crippen LogP contribution is -2.23. The number of rotatable bonds is 6. The summed E-state index contributed by atoms with van der Waals surface area (Å²) in [5.41, 5.74) is 2.39. The zero-order valence-electron chi connectivity index (χ0n) is 15.8. The fraction of sp³-hybridized carbons (Fsp3) is 0.273. The van der Waals surface area contributed by atoms with Gasteiger partial charge in [-0.15, -0.1) is 0 Å². The first-order valence-electron chi connectivity index (χ1n) is 9.42. The Hall–Kier alpha value is -3.28. The van der Waals surface area contributed by atoms with Crippen LogP contribution in [0.5, 0.6) is 11.5 Å². The number of hydrogen-bond donors (Lipinski definition) is 1. The number of benzene rings is 1. The van der Waals surface area contributed by atoms with Crippen molar-refractivity contribution in [2.75, 3.05) is 12.4 Å². The maximum absolute atomic E-state index is 12.5. The van der Waals surface area contributed by atoms with Crippen molar-refractivity contribution in [1.82, 2.24) is 9.38 Å². The highest BCUT2D eigenvalue weighted by Crippen LogP contribution is 2.31. The van der Waals surface area contributed by atoms with Gasteiger partial charge in [0.1, 0.15) is 12.3 Å². The number of carbonyl (C=O) groups excluding carboxylic acids is 1. The molecule has 1 unspecified atom stereocenters. The molecule has 0 saturated carbocycles. The summed E-state index contributed by atoms with van der Waals surface area (Å²) in [4.78, 5) is 17.0. The lowest BCUT2D eigenvalue weighted by molar-refractivity contribution is -0.120. The molecule has 0 fully saturated rings. The zero-order valence-corrected chi connectivity index (χ0v) is 15.8. The summed E-state index contributed by atoms with van der Waals surface area (Å²) in [5, 5.41) is 2.99. The minimum Gasteiger partial charge on any atom is -0.493 e. The van der Waals surface area contributed by atoms with Gasteiger partial charge in [-0.25, -0.2) is 4.98 Å². The number of ether oxygens (including phenoxy) is 2. The van der Waals surface area contributed by atoms with Gasteiger partial charge in [-0.1, -0.05) is 18.2 Å². The Labute approximate surface area is 163 Å². The van der Waals surface area contributed by atoms with Crippen molar-refractivity contribution < 1.29 is 14.3 Å². The minimum atomic E-state index is 0.0226. The van der Waals surface area contributed by atoms with Gasteiger partial charge in [0.2, 0.25) is 5.91 Å². The van der Waals surface area contributed by atoms with Crippen molar-refractivity contribution in [3.05, 3.63) is 66.6 Å². The van der Waals surface area contributed by atoms with E-state index in [1.165, 1.54) is 0 Å². The van der Waals surface area contributed by atoms with Crippen LogP contribution in [-0.2, 0) is 11.4 Å². The molecule has 4 rings (SSSR count). The summed E-state index contributed by atoms with van der Waals surface area (Å²) in [7, 11) is 1.60. The van der Waals surface area contributed by atoms with Crippen molar-refractivity contribution in [3.63, 3.8) is 0 Å². The predicted molar refractivity (Wildman–Crippen MR) is 108 cm³/mol. The van der Waals surface area contributed by atoms with Crippen LogP contribution < -0.4 is 14.8 Å². The monoisotopic (exact) mass is 377 g/mol. The quantitative estimate of drug-likeness (QED) is 0.654. The standard InChI is InChI=1S/C22H23N3O3/c1-27-19-11-10-17(24-22(26)16-7-3-2-4-8-16)13-20(19)28-15-18-14-25-12-6-5-9-21(25)23-18/h2-3,5-6,9-14,16H,4,7-8,15H2,1H3,(H,24,26). The van der Waals surface area contributed by atoms with E-state index in [0.29, 0.717) is 23.8 Å². The SMILES string of the molecule is COc1ccc(NC(=O)C2CC=CCC2)cc1OCc1cn2ccccc2n1. The molecular weight excluding hydrogens is 354 g/mol. The van der Waals surface area contributed by atoms with Gasteiger partial charge in [0, 0.05) is 30.1 Å². The fourth-order valence-electron chi connectivity index (χ4n) is 3.35. The second-order valence-electron chi connectivity index (χ2n) is 6.82. The summed E-state index contributed by atoms with van der Waals surface area (Å²) in [5.74, 6) is 1.25. The largest absolute Gasteiger partial charge is 0.493 e. The summed E-state index contributed by atoms with van der Waals surface area (Å²) >= 11 is 0. The number of fused-ring (bicyclic) bond motifs is 1. The van der Waals surface area contributed by atoms with Gasteiger partial charge in [-0.2, -0.15) is 0 Å². The van der Waals surface area contributed by atoms with E-state index < -0.39 is 0 Å². The van der Waals surface area contributed by atoms with Gasteiger partial charge >= 0.3 is 0 Å². The molecule has 1 aliphatic rings. The number of nitrogens with one attached hydrogen (secondary N) is 1. The van der Waals surface area contributed by atoms with Crippen LogP contribution in [0.2, 0.25) is 0 Å². The number of methoxy groups -OCH3 is 1. The second kappa shape index (κ2) is 8.17. The van der Waals surface area contributed by atoms with Gasteiger partial charge in [0.05, 0.1) is 12.8 Å². The predicted octanol–water partition coefficient (Wildman–Crippen LogP) is 4.22. The van der Waals surface area contributed by atoms with Gasteiger partial charge in [0.15, 0.2) is 11.5 Å². The molecule has 1 aliphatic carbocycles. The molecule has 28 heavy (non-hydrogen) atoms. The van der Waals surface area contributed by atoms with Crippen LogP contribution in [0.3, 0.4) is 0 Å². The molecule has 1 atom stereocenters. The highest BCUT2D eigenvalue weighted by molar-refractivity contribution is 5.93. The van der Waals surface area contributed by atoms with E-state index in [1.807, 2.05) is 41.1 Å². The molecule has 0 radical (unpaired) electrons. The molecule has 0 spiro atoms. The highest BCUT2D eigenvalue weighted by atomic mass is 16.5. The number of amides is 1. The number of nitrogens with zero attached hydrogens (tertiary/aromatic N) is 2. The molecule has 1 N–H and O–H groups in total. The van der Waals surface area contributed by atoms with Crippen LogP contribution in [-0.4, -0.2) is 22.4 Å². The van der Waals surface area contributed by atoms with E-state index in [4.69, 9.17) is 9.47 Å². The van der Waals surface area contributed by atoms with Crippen molar-refractivity contribution in [2.45, 2.75) is 25.9 Å². The van der Waals surface area contributed by atoms with Crippen molar-refractivity contribution >= 4 is 17.2 Å². The number of anilines is 1. The molecule has 144 valence electrons. The first kappa shape index (κ1) is 18.1. The maximum atomic E-state index is 12.5. The molecule has 2 aromatic heterocycles. The van der Waals surface area contributed by atoms with Gasteiger partial charge in [-0.3, -0.25) is 4.79 Å². The van der Waals surface area contributed by atoms with Crippen molar-refractivity contribution in [2.24, 2.45) is 5.92 Å². The third-order valence-electron chi connectivity index (χ3n) is 4.86. The first-order valence-corrected chi connectivity index (χ1v) is 9.42. The topological polar surface area (TPSA) is 64.9 Å². The number of pyridine rings is 1. The van der Waals surface area contributed by atoms with Gasteiger partial charge < -0.3 is 19.2 Å². The van der Waals surface area contributed by atoms with Gasteiger partial charge in [-0.05, 0) is 43.5 Å². The third kappa shape index (κ3) is 4.01. The Morgan fingerprint density at radius 2 is 2.18 bits per heavy atom. The number of aromatic nitrogens is 2. The lowest BCUT2D eigenvalue weighted by atomic mass is 9.93. The maximum Gasteiger partial charge on any atom is 0.227 e. The van der Waals surface area contributed by atoms with Crippen molar-refractivity contribution in [3.8, 4) is 11.5 Å². The van der Waals surface area contributed by atoms with E-state index in [2.05, 4.69) is 22.5 Å². The molecule has 1 amide bonds. The summed E-state index contributed by atoms with van der Waals surface area (Å²) in [6.07, 6.45) is 10.7. The Bertz CT molecular complexity index is 976. The van der Waals surface area contributed by atoms with E-state index in [-0.39, 0.29) is 11.8 Å². The molecule has 3 aromatic rings. The zero-order chi connectivity index (χ0) is 19.3. The van der Waals surface area contributed by atoms with Crippen LogP contribution in [0.15, 0.2) is 60.9 Å². The molecule has 0 saturated heterocycles. The van der Waals surface area contributed by atoms with E-state index >= 15 is 0 Å². The fourth-order valence-corrected chi connectivity index (χ4v) is 3.35. The summed E-state index contributed by atoms with van der Waals surface area (Å²) < 4.78 is 13.3. The molecular formula is C22H23N3O3. The molecule has 1 aromatic carbocycles. The van der Waals surface area contributed by atoms with E-state index in [9.17, 15) is 4.79 Å². The molecule has 6 heteroatoms. The lowest BCUT2D eigenvalue weighted by Gasteiger charge is -2.18. The van der Waals surface area contributed by atoms with Crippen LogP contribution in [0.4, 0.5) is 5.69 Å². The van der Waals surface area contributed by atoms with Crippen LogP contribution >= 0.6 is 0 Å². The Morgan fingerprint density at radius 1 is 1.25 bits per heavy atom. The Balaban J connectivity index is 1.46. The van der Waals surface area contributed by atoms with Crippen LogP contribution in [0, 0.1) is 5.92 Å². The average molecular weight is 377 g/mol. The summed E-state index contributed by atoms with van der Waals surface area (Å²) in [6.45, 7) is 0.308. The minimum absolute atomic E-state index is 0.0226. The third-order valence-corrected chi connectivity index (χ3v) is 4.86. The first-order chi connectivity index (χ1) is 13.7. The number of hydrogen-bond acceptors (Lipinski definition) is 4. The summed E-state index contributed by atoms with van der Waals surface area (Å²) in [6, 6.07) is 11.3. The highest BCUT2D eigenvalue weighted by Gasteiger charge is 2.19. The normalized spacial score (nSPS) is 16.1. The number of imidazole rings is 1. The number of carbonyl (C=O) groups is 1. The molecule has 0 aliphatic heterocycles. The molecule has 6 nitrogen and oxygen atoms in total. The smallest absolute Gasteiger partial charge is 0.227 e. The Morgan fingerprint density at radius 3 is 2.96 bits per heavy atom.